The van der Waals surface area contributed by atoms with Gasteiger partial charge in [0, 0.05) is 5.02 Å². The van der Waals surface area contributed by atoms with E-state index >= 15 is 0 Å². The van der Waals surface area contributed by atoms with Gasteiger partial charge in [-0.1, -0.05) is 66.6 Å². The van der Waals surface area contributed by atoms with Crippen LogP contribution in [-0.2, 0) is 10.0 Å². The molecule has 3 aromatic rings. The zero-order chi connectivity index (χ0) is 19.9. The fourth-order valence-corrected chi connectivity index (χ4v) is 5.81. The highest BCUT2D eigenvalue weighted by molar-refractivity contribution is 7.92. The molecule has 144 valence electrons. The summed E-state index contributed by atoms with van der Waals surface area (Å²) in [6.07, 6.45) is 0.697. The zero-order valence-electron chi connectivity index (χ0n) is 15.8. The molecule has 0 fully saturated rings. The van der Waals surface area contributed by atoms with Crippen molar-refractivity contribution < 1.29 is 8.42 Å². The Bertz CT molecular complexity index is 1110. The lowest BCUT2D eigenvalue weighted by molar-refractivity contribution is 0.523. The Morgan fingerprint density at radius 3 is 2.39 bits per heavy atom. The van der Waals surface area contributed by atoms with Gasteiger partial charge in [-0.05, 0) is 60.7 Å². The molecule has 4 rings (SSSR count). The number of hydrogen-bond acceptors (Lipinski definition) is 2. The summed E-state index contributed by atoms with van der Waals surface area (Å²) in [4.78, 5) is 0.300. The lowest BCUT2D eigenvalue weighted by Crippen LogP contribution is -2.39. The maximum atomic E-state index is 13.7. The summed E-state index contributed by atoms with van der Waals surface area (Å²) in [5.74, 6) is 0.240. The number of hydrogen-bond donors (Lipinski definition) is 0. The van der Waals surface area contributed by atoms with Crippen LogP contribution in [0.25, 0.3) is 0 Å². The lowest BCUT2D eigenvalue weighted by Gasteiger charge is -2.40. The molecule has 0 saturated carbocycles. The van der Waals surface area contributed by atoms with Crippen LogP contribution in [0.3, 0.4) is 0 Å². The van der Waals surface area contributed by atoms with Gasteiger partial charge in [-0.25, -0.2) is 8.42 Å². The van der Waals surface area contributed by atoms with Crippen molar-refractivity contribution in [3.8, 4) is 0 Å². The van der Waals surface area contributed by atoms with Crippen molar-refractivity contribution in [3.63, 3.8) is 0 Å². The maximum Gasteiger partial charge on any atom is 0.264 e. The van der Waals surface area contributed by atoms with E-state index in [1.807, 2.05) is 67.6 Å². The number of para-hydroxylation sites is 1. The molecule has 0 bridgehead atoms. The van der Waals surface area contributed by atoms with Gasteiger partial charge >= 0.3 is 0 Å². The second kappa shape index (κ2) is 7.26. The van der Waals surface area contributed by atoms with Crippen LogP contribution in [0.2, 0.25) is 5.02 Å². The monoisotopic (exact) mass is 411 g/mol. The van der Waals surface area contributed by atoms with Gasteiger partial charge < -0.3 is 0 Å². The van der Waals surface area contributed by atoms with Crippen LogP contribution in [0.15, 0.2) is 77.7 Å². The van der Waals surface area contributed by atoms with Gasteiger partial charge in [0.15, 0.2) is 0 Å². The highest BCUT2D eigenvalue weighted by Gasteiger charge is 2.39. The van der Waals surface area contributed by atoms with Gasteiger partial charge in [0.05, 0.1) is 16.6 Å². The molecule has 0 aromatic heterocycles. The first-order valence-electron chi connectivity index (χ1n) is 9.33. The minimum atomic E-state index is -3.74. The van der Waals surface area contributed by atoms with Crippen LogP contribution in [-0.4, -0.2) is 8.42 Å². The molecule has 2 atom stereocenters. The van der Waals surface area contributed by atoms with Crippen LogP contribution in [0, 0.1) is 6.92 Å². The first-order chi connectivity index (χ1) is 13.4. The Morgan fingerprint density at radius 2 is 1.68 bits per heavy atom. The van der Waals surface area contributed by atoms with E-state index in [1.54, 1.807) is 16.4 Å². The van der Waals surface area contributed by atoms with Gasteiger partial charge in [0.1, 0.15) is 0 Å². The predicted molar refractivity (Wildman–Crippen MR) is 115 cm³/mol. The van der Waals surface area contributed by atoms with E-state index in [1.165, 1.54) is 0 Å². The second-order valence-corrected chi connectivity index (χ2v) is 9.63. The number of rotatable bonds is 3. The molecule has 0 amide bonds. The van der Waals surface area contributed by atoms with E-state index in [0.717, 1.165) is 22.4 Å². The van der Waals surface area contributed by atoms with Crippen molar-refractivity contribution in [2.45, 2.75) is 37.1 Å². The molecule has 5 heteroatoms. The summed E-state index contributed by atoms with van der Waals surface area (Å²) in [7, 11) is -3.74. The van der Waals surface area contributed by atoms with E-state index in [0.29, 0.717) is 16.3 Å². The van der Waals surface area contributed by atoms with Gasteiger partial charge in [-0.3, -0.25) is 4.31 Å². The van der Waals surface area contributed by atoms with E-state index in [9.17, 15) is 8.42 Å². The van der Waals surface area contributed by atoms with Gasteiger partial charge in [-0.15, -0.1) is 0 Å². The van der Waals surface area contributed by atoms with Gasteiger partial charge in [0.25, 0.3) is 10.0 Å². The van der Waals surface area contributed by atoms with E-state index < -0.39 is 10.0 Å². The highest BCUT2D eigenvalue weighted by atomic mass is 35.5. The summed E-state index contributed by atoms with van der Waals surface area (Å²) in [5.41, 5.74) is 3.73. The maximum absolute atomic E-state index is 13.7. The Balaban J connectivity index is 1.92. The van der Waals surface area contributed by atoms with Crippen molar-refractivity contribution in [2.24, 2.45) is 0 Å². The number of sulfonamides is 1. The summed E-state index contributed by atoms with van der Waals surface area (Å²) in [6.45, 7) is 4.09. The molecule has 0 aliphatic carbocycles. The van der Waals surface area contributed by atoms with Crippen molar-refractivity contribution in [2.75, 3.05) is 4.31 Å². The summed E-state index contributed by atoms with van der Waals surface area (Å²) >= 11 is 6.23. The van der Waals surface area contributed by atoms with Crippen LogP contribution in [0.5, 0.6) is 0 Å². The quantitative estimate of drug-likeness (QED) is 0.522. The average Bonchev–Trinajstić information content (AvgIpc) is 2.68. The standard InChI is InChI=1S/C23H22ClNO2S/c1-16-10-12-20(13-11-16)28(26,27)25-22-9-4-3-8-21(22)17(2)14-23(25)18-6-5-7-19(24)15-18/h3-13,15,17,23H,14H2,1-2H3/t17-,23-/m0/s1. The van der Waals surface area contributed by atoms with Crippen molar-refractivity contribution >= 4 is 27.3 Å². The molecule has 1 aliphatic heterocycles. The first kappa shape index (κ1) is 19.0. The van der Waals surface area contributed by atoms with Crippen LogP contribution in [0.4, 0.5) is 5.69 Å². The first-order valence-corrected chi connectivity index (χ1v) is 11.2. The third-order valence-electron chi connectivity index (χ3n) is 5.38. The van der Waals surface area contributed by atoms with Crippen molar-refractivity contribution in [1.82, 2.24) is 0 Å². The molecule has 0 spiro atoms. The minimum Gasteiger partial charge on any atom is -0.259 e. The van der Waals surface area contributed by atoms with E-state index in [2.05, 4.69) is 6.92 Å². The molecule has 0 unspecified atom stereocenters. The van der Waals surface area contributed by atoms with Crippen molar-refractivity contribution in [1.29, 1.82) is 0 Å². The normalized spacial score (nSPS) is 19.3. The molecule has 0 N–H and O–H groups in total. The molecule has 28 heavy (non-hydrogen) atoms. The van der Waals surface area contributed by atoms with Crippen molar-refractivity contribution in [3.05, 3.63) is 94.5 Å². The second-order valence-electron chi connectivity index (χ2n) is 7.38. The third kappa shape index (κ3) is 3.31. The number of anilines is 1. The number of aryl methyl sites for hydroxylation is 1. The van der Waals surface area contributed by atoms with Gasteiger partial charge in [-0.2, -0.15) is 0 Å². The Hall–Kier alpha value is -2.30. The van der Waals surface area contributed by atoms with Gasteiger partial charge in [0.2, 0.25) is 0 Å². The Morgan fingerprint density at radius 1 is 0.964 bits per heavy atom. The van der Waals surface area contributed by atoms with Crippen LogP contribution < -0.4 is 4.31 Å². The number of fused-ring (bicyclic) bond motifs is 1. The highest BCUT2D eigenvalue weighted by Crippen LogP contribution is 2.47. The molecule has 0 saturated heterocycles. The molecular weight excluding hydrogens is 390 g/mol. The minimum absolute atomic E-state index is 0.240. The lowest BCUT2D eigenvalue weighted by atomic mass is 9.86. The van der Waals surface area contributed by atoms with E-state index in [-0.39, 0.29) is 12.0 Å². The van der Waals surface area contributed by atoms with Crippen LogP contribution in [0.1, 0.15) is 42.0 Å². The average molecular weight is 412 g/mol. The summed E-state index contributed by atoms with van der Waals surface area (Å²) in [6, 6.07) is 22.0. The summed E-state index contributed by atoms with van der Waals surface area (Å²) < 4.78 is 29.0. The molecule has 3 aromatic carbocycles. The molecule has 1 aliphatic rings. The SMILES string of the molecule is Cc1ccc(S(=O)(=O)N2c3ccccc3[C@@H](C)C[C@H]2c2cccc(Cl)c2)cc1. The molecular formula is C23H22ClNO2S. The summed E-state index contributed by atoms with van der Waals surface area (Å²) in [5, 5.41) is 0.608. The Kier molecular flexibility index (Phi) is 4.94. The number of nitrogens with zero attached hydrogens (tertiary/aromatic N) is 1. The smallest absolute Gasteiger partial charge is 0.259 e. The molecule has 0 radical (unpaired) electrons. The number of benzene rings is 3. The van der Waals surface area contributed by atoms with E-state index in [4.69, 9.17) is 11.6 Å². The topological polar surface area (TPSA) is 37.4 Å². The zero-order valence-corrected chi connectivity index (χ0v) is 17.4. The largest absolute Gasteiger partial charge is 0.264 e. The predicted octanol–water partition coefficient (Wildman–Crippen LogP) is 6.09. The molecule has 1 heterocycles. The Labute approximate surface area is 171 Å². The number of halogens is 1. The van der Waals surface area contributed by atoms with Crippen LogP contribution >= 0.6 is 11.6 Å². The fraction of sp³-hybridized carbons (Fsp3) is 0.217. The molecule has 3 nitrogen and oxygen atoms in total. The fourth-order valence-electron chi connectivity index (χ4n) is 3.94. The third-order valence-corrected chi connectivity index (χ3v) is 7.45.